The number of aromatic amines is 2. The summed E-state index contributed by atoms with van der Waals surface area (Å²) in [6.45, 7) is 3.21. The molecular formula is C11H10N4O6S. The van der Waals surface area contributed by atoms with Gasteiger partial charge >= 0.3 is 11.1 Å². The number of aromatic nitrogens is 2. The van der Waals surface area contributed by atoms with Gasteiger partial charge in [-0.15, -0.1) is 6.58 Å². The molecule has 0 spiro atoms. The molecule has 2 aromatic rings. The molecule has 3 N–H and O–H groups in total. The van der Waals surface area contributed by atoms with Crippen LogP contribution in [0.4, 0.5) is 5.69 Å². The number of fused-ring (bicyclic) bond motifs is 1. The largest absolute Gasteiger partial charge is 0.316 e. The second kappa shape index (κ2) is 5.54. The summed E-state index contributed by atoms with van der Waals surface area (Å²) in [6.07, 6.45) is 1.27. The smallest absolute Gasteiger partial charge is 0.314 e. The van der Waals surface area contributed by atoms with E-state index >= 15 is 0 Å². The van der Waals surface area contributed by atoms with Gasteiger partial charge in [-0.25, -0.2) is 13.1 Å². The summed E-state index contributed by atoms with van der Waals surface area (Å²) < 4.78 is 26.3. The Morgan fingerprint density at radius 2 is 1.77 bits per heavy atom. The molecule has 0 aliphatic rings. The highest BCUT2D eigenvalue weighted by atomic mass is 32.2. The highest BCUT2D eigenvalue weighted by molar-refractivity contribution is 7.89. The first-order valence-corrected chi connectivity index (χ1v) is 7.30. The Balaban J connectivity index is 2.82. The van der Waals surface area contributed by atoms with Crippen LogP contribution in [0.15, 0.2) is 39.3 Å². The van der Waals surface area contributed by atoms with Gasteiger partial charge in [0.1, 0.15) is 0 Å². The molecule has 0 saturated carbocycles. The molecule has 0 saturated heterocycles. The Bertz CT molecular complexity index is 988. The number of H-pyrrole nitrogens is 2. The predicted octanol–water partition coefficient (Wildman–Crippen LogP) is -0.411. The van der Waals surface area contributed by atoms with E-state index in [1.165, 1.54) is 6.08 Å². The average molecular weight is 326 g/mol. The lowest BCUT2D eigenvalue weighted by molar-refractivity contribution is -0.387. The van der Waals surface area contributed by atoms with Crippen LogP contribution in [0.1, 0.15) is 0 Å². The zero-order chi connectivity index (χ0) is 16.5. The molecule has 0 unspecified atom stereocenters. The van der Waals surface area contributed by atoms with Gasteiger partial charge in [-0.1, -0.05) is 6.08 Å². The first kappa shape index (κ1) is 15.6. The monoisotopic (exact) mass is 326 g/mol. The molecule has 0 radical (unpaired) electrons. The fraction of sp³-hybridized carbons (Fsp3) is 0.0909. The fourth-order valence-corrected chi connectivity index (χ4v) is 2.91. The highest BCUT2D eigenvalue weighted by Crippen LogP contribution is 2.26. The zero-order valence-electron chi connectivity index (χ0n) is 11.0. The van der Waals surface area contributed by atoms with Gasteiger partial charge in [-0.05, 0) is 6.07 Å². The number of nitrogens with zero attached hydrogens (tertiary/aromatic N) is 1. The third kappa shape index (κ3) is 2.80. The third-order valence-electron chi connectivity index (χ3n) is 2.71. The molecule has 1 aromatic carbocycles. The van der Waals surface area contributed by atoms with Crippen molar-refractivity contribution in [1.29, 1.82) is 0 Å². The van der Waals surface area contributed by atoms with E-state index < -0.39 is 36.6 Å². The Labute approximate surface area is 122 Å². The molecule has 0 amide bonds. The van der Waals surface area contributed by atoms with E-state index in [1.54, 1.807) is 0 Å². The minimum Gasteiger partial charge on any atom is -0.316 e. The maximum absolute atomic E-state index is 12.1. The lowest BCUT2D eigenvalue weighted by Crippen LogP contribution is -2.29. The number of rotatable bonds is 5. The molecular weight excluding hydrogens is 316 g/mol. The van der Waals surface area contributed by atoms with E-state index in [-0.39, 0.29) is 17.6 Å². The summed E-state index contributed by atoms with van der Waals surface area (Å²) in [7, 11) is -4.19. The molecule has 10 nitrogen and oxygen atoms in total. The van der Waals surface area contributed by atoms with Gasteiger partial charge in [0, 0.05) is 12.6 Å². The lowest BCUT2D eigenvalue weighted by atomic mass is 10.2. The Morgan fingerprint density at radius 1 is 1.23 bits per heavy atom. The van der Waals surface area contributed by atoms with Crippen molar-refractivity contribution in [1.82, 2.24) is 14.7 Å². The summed E-state index contributed by atoms with van der Waals surface area (Å²) in [4.78, 5) is 36.3. The molecule has 22 heavy (non-hydrogen) atoms. The average Bonchev–Trinajstić information content (AvgIpc) is 2.45. The third-order valence-corrected chi connectivity index (χ3v) is 4.16. The Hall–Kier alpha value is -2.79. The topological polar surface area (TPSA) is 155 Å². The SMILES string of the molecule is C=CCNS(=O)(=O)c1cc2[nH]c(=O)c(=O)[nH]c2cc1[N+](=O)[O-]. The zero-order valence-corrected chi connectivity index (χ0v) is 11.8. The molecule has 0 atom stereocenters. The van der Waals surface area contributed by atoms with Crippen LogP contribution in [0.5, 0.6) is 0 Å². The van der Waals surface area contributed by atoms with Gasteiger partial charge in [0.15, 0.2) is 4.90 Å². The normalized spacial score (nSPS) is 11.5. The van der Waals surface area contributed by atoms with Crippen molar-refractivity contribution < 1.29 is 13.3 Å². The van der Waals surface area contributed by atoms with E-state index in [1.807, 2.05) is 0 Å². The molecule has 2 rings (SSSR count). The number of benzene rings is 1. The number of hydrogen-bond donors (Lipinski definition) is 3. The molecule has 11 heteroatoms. The van der Waals surface area contributed by atoms with Crippen LogP contribution in [-0.2, 0) is 10.0 Å². The van der Waals surface area contributed by atoms with Crippen molar-refractivity contribution in [3.8, 4) is 0 Å². The quantitative estimate of drug-likeness (QED) is 0.293. The summed E-state index contributed by atoms with van der Waals surface area (Å²) >= 11 is 0. The molecule has 0 fully saturated rings. The van der Waals surface area contributed by atoms with Crippen molar-refractivity contribution >= 4 is 26.7 Å². The van der Waals surface area contributed by atoms with Gasteiger partial charge in [-0.3, -0.25) is 19.7 Å². The van der Waals surface area contributed by atoms with Crippen LogP contribution in [-0.4, -0.2) is 29.9 Å². The van der Waals surface area contributed by atoms with Crippen LogP contribution in [0.2, 0.25) is 0 Å². The van der Waals surface area contributed by atoms with Crippen LogP contribution in [0.25, 0.3) is 11.0 Å². The number of nitrogens with one attached hydrogen (secondary N) is 3. The lowest BCUT2D eigenvalue weighted by Gasteiger charge is -2.07. The van der Waals surface area contributed by atoms with Crippen LogP contribution < -0.4 is 15.8 Å². The van der Waals surface area contributed by atoms with Gasteiger partial charge < -0.3 is 9.97 Å². The minimum atomic E-state index is -4.19. The molecule has 1 heterocycles. The van der Waals surface area contributed by atoms with Crippen molar-refractivity contribution in [3.63, 3.8) is 0 Å². The Morgan fingerprint density at radius 3 is 2.27 bits per heavy atom. The summed E-state index contributed by atoms with van der Waals surface area (Å²) in [5.74, 6) is 0. The number of hydrogen-bond acceptors (Lipinski definition) is 6. The maximum Gasteiger partial charge on any atom is 0.314 e. The van der Waals surface area contributed by atoms with Crippen LogP contribution >= 0.6 is 0 Å². The highest BCUT2D eigenvalue weighted by Gasteiger charge is 2.26. The minimum absolute atomic E-state index is 0.0471. The van der Waals surface area contributed by atoms with Crippen molar-refractivity contribution in [2.24, 2.45) is 0 Å². The summed E-state index contributed by atoms with van der Waals surface area (Å²) in [5.41, 5.74) is -2.83. The van der Waals surface area contributed by atoms with Gasteiger partial charge in [0.2, 0.25) is 10.0 Å². The van der Waals surface area contributed by atoms with E-state index in [2.05, 4.69) is 21.3 Å². The molecule has 0 aliphatic heterocycles. The van der Waals surface area contributed by atoms with E-state index in [0.717, 1.165) is 12.1 Å². The second-order valence-corrected chi connectivity index (χ2v) is 5.91. The standard InChI is InChI=1S/C11H10N4O6S/c1-2-3-12-22(20,21)9-5-7-6(4-8(9)15(18)19)13-10(16)11(17)14-7/h2,4-5,12H,1,3H2,(H,13,16)(H,14,17). The molecule has 0 bridgehead atoms. The van der Waals surface area contributed by atoms with E-state index in [4.69, 9.17) is 0 Å². The van der Waals surface area contributed by atoms with Crippen molar-refractivity contribution in [3.05, 3.63) is 55.6 Å². The van der Waals surface area contributed by atoms with E-state index in [9.17, 15) is 28.1 Å². The van der Waals surface area contributed by atoms with Gasteiger partial charge in [-0.2, -0.15) is 0 Å². The fourth-order valence-electron chi connectivity index (χ4n) is 1.74. The first-order chi connectivity index (χ1) is 10.3. The van der Waals surface area contributed by atoms with Crippen molar-refractivity contribution in [2.75, 3.05) is 6.54 Å². The number of nitro groups is 1. The summed E-state index contributed by atoms with van der Waals surface area (Å²) in [6, 6.07) is 1.78. The molecule has 116 valence electrons. The molecule has 0 aliphatic carbocycles. The first-order valence-electron chi connectivity index (χ1n) is 5.81. The summed E-state index contributed by atoms with van der Waals surface area (Å²) in [5, 5.41) is 11.1. The van der Waals surface area contributed by atoms with Gasteiger partial charge in [0.25, 0.3) is 5.69 Å². The number of nitro benzene ring substituents is 1. The second-order valence-electron chi connectivity index (χ2n) is 4.17. The maximum atomic E-state index is 12.1. The van der Waals surface area contributed by atoms with Crippen LogP contribution in [0, 0.1) is 10.1 Å². The van der Waals surface area contributed by atoms with Crippen molar-refractivity contribution in [2.45, 2.75) is 4.90 Å². The van der Waals surface area contributed by atoms with Crippen LogP contribution in [0.3, 0.4) is 0 Å². The molecule has 1 aromatic heterocycles. The number of sulfonamides is 1. The van der Waals surface area contributed by atoms with E-state index in [0.29, 0.717) is 0 Å². The van der Waals surface area contributed by atoms with Gasteiger partial charge in [0.05, 0.1) is 16.0 Å². The predicted molar refractivity (Wildman–Crippen MR) is 77.2 cm³/mol. The Kier molecular flexibility index (Phi) is 3.93.